The third kappa shape index (κ3) is 1.46. The van der Waals surface area contributed by atoms with Crippen LogP contribution in [-0.4, -0.2) is 10.7 Å². The van der Waals surface area contributed by atoms with Crippen molar-refractivity contribution in [1.82, 2.24) is 0 Å². The predicted octanol–water partition coefficient (Wildman–Crippen LogP) is 2.83. The molecule has 0 aliphatic heterocycles. The summed E-state index contributed by atoms with van der Waals surface area (Å²) >= 11 is 1.12. The molecule has 2 rings (SSSR count). The van der Waals surface area contributed by atoms with Crippen LogP contribution in [0, 0.1) is 0 Å². The van der Waals surface area contributed by atoms with Gasteiger partial charge in [0.25, 0.3) is 0 Å². The first-order valence-electron chi connectivity index (χ1n) is 4.14. The summed E-state index contributed by atoms with van der Waals surface area (Å²) in [6.45, 7) is 0. The van der Waals surface area contributed by atoms with Crippen molar-refractivity contribution < 1.29 is 9.90 Å². The minimum atomic E-state index is 0.246. The maximum atomic E-state index is 10.4. The number of phenols is 1. The molecule has 0 bridgehead atoms. The summed E-state index contributed by atoms with van der Waals surface area (Å²) < 4.78 is 0. The van der Waals surface area contributed by atoms with Gasteiger partial charge in [-0.3, -0.25) is 4.79 Å². The SMILES string of the molecule is O=CSc1ccc(O)c2ccccc12. The Morgan fingerprint density at radius 2 is 1.79 bits per heavy atom. The van der Waals surface area contributed by atoms with Crippen molar-refractivity contribution in [2.75, 3.05) is 0 Å². The molecule has 0 saturated carbocycles. The molecule has 0 spiro atoms. The number of phenolic OH excluding ortho intramolecular Hbond substituents is 1. The number of carbonyl (C=O) groups is 1. The van der Waals surface area contributed by atoms with Gasteiger partial charge in [-0.15, -0.1) is 0 Å². The van der Waals surface area contributed by atoms with E-state index in [1.165, 1.54) is 0 Å². The third-order valence-corrected chi connectivity index (χ3v) is 2.74. The number of hydrogen-bond donors (Lipinski definition) is 1. The predicted molar refractivity (Wildman–Crippen MR) is 58.2 cm³/mol. The standard InChI is InChI=1S/C11H8O2S/c12-7-14-11-6-5-10(13)8-3-1-2-4-9(8)11/h1-7,13H. The van der Waals surface area contributed by atoms with Gasteiger partial charge in [0.1, 0.15) is 5.75 Å². The Morgan fingerprint density at radius 1 is 1.07 bits per heavy atom. The van der Waals surface area contributed by atoms with Crippen LogP contribution in [0.4, 0.5) is 0 Å². The Kier molecular flexibility index (Phi) is 2.41. The normalized spacial score (nSPS) is 10.3. The highest BCUT2D eigenvalue weighted by Crippen LogP contribution is 2.32. The second-order valence-electron chi connectivity index (χ2n) is 2.84. The van der Waals surface area contributed by atoms with Crippen LogP contribution in [0.3, 0.4) is 0 Å². The highest BCUT2D eigenvalue weighted by molar-refractivity contribution is 8.12. The molecular weight excluding hydrogens is 196 g/mol. The topological polar surface area (TPSA) is 37.3 Å². The molecule has 14 heavy (non-hydrogen) atoms. The number of thioether (sulfide) groups is 1. The number of aromatic hydroxyl groups is 1. The highest BCUT2D eigenvalue weighted by Gasteiger charge is 2.03. The van der Waals surface area contributed by atoms with Gasteiger partial charge in [-0.05, 0) is 17.5 Å². The number of fused-ring (bicyclic) bond motifs is 1. The first kappa shape index (κ1) is 9.09. The zero-order valence-electron chi connectivity index (χ0n) is 7.31. The molecule has 0 radical (unpaired) electrons. The lowest BCUT2D eigenvalue weighted by Gasteiger charge is -2.04. The summed E-state index contributed by atoms with van der Waals surface area (Å²) in [5.41, 5.74) is 0.790. The molecule has 70 valence electrons. The number of benzene rings is 2. The quantitative estimate of drug-likeness (QED) is 0.603. The first-order chi connectivity index (χ1) is 6.83. The summed E-state index contributed by atoms with van der Waals surface area (Å²) in [5.74, 6) is 0.246. The van der Waals surface area contributed by atoms with E-state index in [-0.39, 0.29) is 5.75 Å². The monoisotopic (exact) mass is 204 g/mol. The van der Waals surface area contributed by atoms with Gasteiger partial charge in [0.15, 0.2) is 5.62 Å². The van der Waals surface area contributed by atoms with Crippen molar-refractivity contribution in [3.05, 3.63) is 36.4 Å². The van der Waals surface area contributed by atoms with Gasteiger partial charge in [-0.25, -0.2) is 0 Å². The number of carbonyl (C=O) groups excluding carboxylic acids is 1. The average Bonchev–Trinajstić information content (AvgIpc) is 2.23. The summed E-state index contributed by atoms with van der Waals surface area (Å²) in [6, 6.07) is 10.8. The molecule has 0 saturated heterocycles. The molecule has 0 aromatic heterocycles. The van der Waals surface area contributed by atoms with Crippen LogP contribution in [0.5, 0.6) is 5.75 Å². The van der Waals surface area contributed by atoms with Crippen LogP contribution in [0.2, 0.25) is 0 Å². The Labute approximate surface area is 85.6 Å². The van der Waals surface area contributed by atoms with Gasteiger partial charge in [0, 0.05) is 10.3 Å². The van der Waals surface area contributed by atoms with Crippen LogP contribution in [0.25, 0.3) is 10.8 Å². The smallest absolute Gasteiger partial charge is 0.180 e. The first-order valence-corrected chi connectivity index (χ1v) is 5.02. The maximum absolute atomic E-state index is 10.4. The zero-order valence-corrected chi connectivity index (χ0v) is 8.12. The fourth-order valence-corrected chi connectivity index (χ4v) is 1.97. The molecule has 0 amide bonds. The summed E-state index contributed by atoms with van der Waals surface area (Å²) in [7, 11) is 0. The molecule has 0 aliphatic rings. The molecule has 2 nitrogen and oxygen atoms in total. The summed E-state index contributed by atoms with van der Waals surface area (Å²) in [5, 5.41) is 11.3. The van der Waals surface area contributed by atoms with Crippen LogP contribution < -0.4 is 0 Å². The Hall–Kier alpha value is -1.48. The minimum absolute atomic E-state index is 0.246. The summed E-state index contributed by atoms with van der Waals surface area (Å²) in [6.07, 6.45) is 0. The molecule has 2 aromatic rings. The van der Waals surface area contributed by atoms with Crippen molar-refractivity contribution >= 4 is 28.2 Å². The molecule has 0 atom stereocenters. The highest BCUT2D eigenvalue weighted by atomic mass is 32.2. The lowest BCUT2D eigenvalue weighted by molar-refractivity contribution is 0.481. The van der Waals surface area contributed by atoms with Crippen molar-refractivity contribution in [3.8, 4) is 5.75 Å². The summed E-state index contributed by atoms with van der Waals surface area (Å²) in [4.78, 5) is 11.3. The molecule has 2 aromatic carbocycles. The molecule has 0 heterocycles. The number of rotatable bonds is 2. The fraction of sp³-hybridized carbons (Fsp3) is 0. The molecule has 1 N–H and O–H groups in total. The van der Waals surface area contributed by atoms with Crippen molar-refractivity contribution in [3.63, 3.8) is 0 Å². The van der Waals surface area contributed by atoms with Crippen LogP contribution in [0.15, 0.2) is 41.3 Å². The lowest BCUT2D eigenvalue weighted by Crippen LogP contribution is -1.78. The van der Waals surface area contributed by atoms with E-state index in [4.69, 9.17) is 0 Å². The Bertz CT molecular complexity index is 480. The van der Waals surface area contributed by atoms with E-state index in [2.05, 4.69) is 0 Å². The van der Waals surface area contributed by atoms with E-state index in [0.29, 0.717) is 0 Å². The molecule has 3 heteroatoms. The largest absolute Gasteiger partial charge is 0.507 e. The van der Waals surface area contributed by atoms with Gasteiger partial charge < -0.3 is 5.11 Å². The van der Waals surface area contributed by atoms with Gasteiger partial charge in [-0.1, -0.05) is 36.0 Å². The molecule has 0 unspecified atom stereocenters. The van der Waals surface area contributed by atoms with Gasteiger partial charge in [-0.2, -0.15) is 0 Å². The Morgan fingerprint density at radius 3 is 2.50 bits per heavy atom. The van der Waals surface area contributed by atoms with E-state index in [9.17, 15) is 9.90 Å². The zero-order chi connectivity index (χ0) is 9.97. The van der Waals surface area contributed by atoms with Gasteiger partial charge in [0.05, 0.1) is 0 Å². The van der Waals surface area contributed by atoms with Crippen molar-refractivity contribution in [1.29, 1.82) is 0 Å². The second kappa shape index (κ2) is 3.72. The van der Waals surface area contributed by atoms with Crippen LogP contribution in [-0.2, 0) is 4.79 Å². The van der Waals surface area contributed by atoms with Gasteiger partial charge in [0.2, 0.25) is 0 Å². The van der Waals surface area contributed by atoms with Crippen molar-refractivity contribution in [2.45, 2.75) is 4.90 Å². The third-order valence-electron chi connectivity index (χ3n) is 2.04. The van der Waals surface area contributed by atoms with Crippen molar-refractivity contribution in [2.24, 2.45) is 0 Å². The van der Waals surface area contributed by atoms with E-state index in [1.807, 2.05) is 24.3 Å². The lowest BCUT2D eigenvalue weighted by atomic mass is 10.1. The molecular formula is C11H8O2S. The molecule has 0 aliphatic carbocycles. The Balaban J connectivity index is 2.74. The maximum Gasteiger partial charge on any atom is 0.180 e. The van der Waals surface area contributed by atoms with Crippen LogP contribution in [0.1, 0.15) is 0 Å². The van der Waals surface area contributed by atoms with E-state index in [0.717, 1.165) is 33.0 Å². The fourth-order valence-electron chi connectivity index (χ4n) is 1.41. The number of hydrogen-bond acceptors (Lipinski definition) is 3. The van der Waals surface area contributed by atoms with E-state index >= 15 is 0 Å². The van der Waals surface area contributed by atoms with Gasteiger partial charge >= 0.3 is 0 Å². The molecule has 0 fully saturated rings. The second-order valence-corrected chi connectivity index (χ2v) is 3.71. The van der Waals surface area contributed by atoms with Crippen LogP contribution >= 0.6 is 11.8 Å². The van der Waals surface area contributed by atoms with E-state index in [1.54, 1.807) is 12.1 Å². The minimum Gasteiger partial charge on any atom is -0.507 e. The average molecular weight is 204 g/mol. The van der Waals surface area contributed by atoms with E-state index < -0.39 is 0 Å².